The standard InChI is InChI=1S/C13H14F3NO2S/c1-8-11(19)17(6-7-18)12(20-8)9-2-4-10(5-3-9)13(14,15)16/h2-5,8,12,18H,6-7H2,1H3/t8-,12-/m0/s1. The van der Waals surface area contributed by atoms with E-state index >= 15 is 0 Å². The van der Waals surface area contributed by atoms with Gasteiger partial charge in [0.15, 0.2) is 0 Å². The van der Waals surface area contributed by atoms with E-state index in [0.717, 1.165) is 12.1 Å². The summed E-state index contributed by atoms with van der Waals surface area (Å²) in [5, 5.41) is 8.40. The fourth-order valence-electron chi connectivity index (χ4n) is 2.10. The number of nitrogens with zero attached hydrogens (tertiary/aromatic N) is 1. The summed E-state index contributed by atoms with van der Waals surface area (Å²) < 4.78 is 37.5. The number of benzene rings is 1. The van der Waals surface area contributed by atoms with Crippen molar-refractivity contribution in [3.8, 4) is 0 Å². The quantitative estimate of drug-likeness (QED) is 0.933. The Kier molecular flexibility index (Phi) is 4.29. The highest BCUT2D eigenvalue weighted by Crippen LogP contribution is 2.43. The molecule has 0 aliphatic carbocycles. The molecule has 2 rings (SSSR count). The van der Waals surface area contributed by atoms with E-state index in [1.54, 1.807) is 6.92 Å². The molecule has 0 bridgehead atoms. The van der Waals surface area contributed by atoms with E-state index in [1.165, 1.54) is 28.8 Å². The molecule has 1 aromatic carbocycles. The molecule has 7 heteroatoms. The highest BCUT2D eigenvalue weighted by molar-refractivity contribution is 8.01. The highest BCUT2D eigenvalue weighted by Gasteiger charge is 2.38. The molecule has 0 unspecified atom stereocenters. The average molecular weight is 305 g/mol. The smallest absolute Gasteiger partial charge is 0.395 e. The van der Waals surface area contributed by atoms with Crippen LogP contribution in [0.5, 0.6) is 0 Å². The molecule has 1 fully saturated rings. The van der Waals surface area contributed by atoms with Crippen LogP contribution >= 0.6 is 11.8 Å². The zero-order chi connectivity index (χ0) is 14.9. The minimum Gasteiger partial charge on any atom is -0.395 e. The highest BCUT2D eigenvalue weighted by atomic mass is 32.2. The normalized spacial score (nSPS) is 23.4. The van der Waals surface area contributed by atoms with Gasteiger partial charge in [0.2, 0.25) is 5.91 Å². The number of amides is 1. The Labute approximate surface area is 118 Å². The number of β-amino-alcohol motifs (C(OH)–C–C–N with tert-alkyl or cyclic N) is 1. The first-order valence-corrected chi connectivity index (χ1v) is 7.03. The van der Waals surface area contributed by atoms with Crippen molar-refractivity contribution in [2.75, 3.05) is 13.2 Å². The minimum absolute atomic E-state index is 0.103. The van der Waals surface area contributed by atoms with Crippen LogP contribution in [0.4, 0.5) is 13.2 Å². The number of hydrogen-bond acceptors (Lipinski definition) is 3. The molecule has 3 nitrogen and oxygen atoms in total. The molecule has 1 aliphatic heterocycles. The molecule has 1 amide bonds. The summed E-state index contributed by atoms with van der Waals surface area (Å²) >= 11 is 1.37. The van der Waals surface area contributed by atoms with Crippen molar-refractivity contribution in [3.05, 3.63) is 35.4 Å². The fourth-order valence-corrected chi connectivity index (χ4v) is 3.41. The summed E-state index contributed by atoms with van der Waals surface area (Å²) in [6.45, 7) is 1.76. The summed E-state index contributed by atoms with van der Waals surface area (Å²) in [7, 11) is 0. The predicted molar refractivity (Wildman–Crippen MR) is 70.0 cm³/mol. The molecule has 1 N–H and O–H groups in total. The third-order valence-corrected chi connectivity index (χ3v) is 4.51. The largest absolute Gasteiger partial charge is 0.416 e. The van der Waals surface area contributed by atoms with Crippen molar-refractivity contribution in [2.45, 2.75) is 23.7 Å². The van der Waals surface area contributed by atoms with Gasteiger partial charge in [0.05, 0.1) is 17.4 Å². The van der Waals surface area contributed by atoms with Crippen molar-refractivity contribution in [2.24, 2.45) is 0 Å². The number of carbonyl (C=O) groups excluding carboxylic acids is 1. The molecule has 1 aromatic rings. The molecule has 0 aromatic heterocycles. The van der Waals surface area contributed by atoms with E-state index in [4.69, 9.17) is 5.11 Å². The van der Waals surface area contributed by atoms with Gasteiger partial charge in [0, 0.05) is 6.54 Å². The van der Waals surface area contributed by atoms with Gasteiger partial charge in [0.1, 0.15) is 5.37 Å². The third kappa shape index (κ3) is 2.93. The summed E-state index contributed by atoms with van der Waals surface area (Å²) in [5.74, 6) is -0.103. The average Bonchev–Trinajstić information content (AvgIpc) is 2.67. The molecule has 0 saturated carbocycles. The second-order valence-electron chi connectivity index (χ2n) is 4.51. The molecular weight excluding hydrogens is 291 g/mol. The lowest BCUT2D eigenvalue weighted by Gasteiger charge is -2.23. The van der Waals surface area contributed by atoms with Crippen LogP contribution in [0.1, 0.15) is 23.4 Å². The van der Waals surface area contributed by atoms with Crippen LogP contribution in [0.3, 0.4) is 0 Å². The number of aliphatic hydroxyl groups excluding tert-OH is 1. The van der Waals surface area contributed by atoms with Gasteiger partial charge in [0.25, 0.3) is 0 Å². The van der Waals surface area contributed by atoms with E-state index in [9.17, 15) is 18.0 Å². The molecule has 0 spiro atoms. The van der Waals surface area contributed by atoms with E-state index in [-0.39, 0.29) is 29.7 Å². The van der Waals surface area contributed by atoms with Crippen LogP contribution < -0.4 is 0 Å². The van der Waals surface area contributed by atoms with Gasteiger partial charge < -0.3 is 10.0 Å². The Morgan fingerprint density at radius 1 is 1.30 bits per heavy atom. The minimum atomic E-state index is -4.37. The van der Waals surface area contributed by atoms with Crippen molar-refractivity contribution < 1.29 is 23.1 Å². The van der Waals surface area contributed by atoms with Gasteiger partial charge in [-0.3, -0.25) is 4.79 Å². The zero-order valence-electron chi connectivity index (χ0n) is 10.7. The lowest BCUT2D eigenvalue weighted by atomic mass is 10.1. The predicted octanol–water partition coefficient (Wildman–Crippen LogP) is 2.66. The number of alkyl halides is 3. The van der Waals surface area contributed by atoms with Crippen molar-refractivity contribution in [3.63, 3.8) is 0 Å². The first-order chi connectivity index (χ1) is 9.34. The van der Waals surface area contributed by atoms with Gasteiger partial charge in [-0.2, -0.15) is 13.2 Å². The van der Waals surface area contributed by atoms with Crippen molar-refractivity contribution in [1.29, 1.82) is 0 Å². The van der Waals surface area contributed by atoms with Crippen LogP contribution in [0.15, 0.2) is 24.3 Å². The molecule has 1 heterocycles. The van der Waals surface area contributed by atoms with Gasteiger partial charge in [-0.1, -0.05) is 12.1 Å². The van der Waals surface area contributed by atoms with Crippen LogP contribution in [0.2, 0.25) is 0 Å². The maximum absolute atomic E-state index is 12.5. The van der Waals surface area contributed by atoms with Crippen molar-refractivity contribution >= 4 is 17.7 Å². The van der Waals surface area contributed by atoms with Crippen LogP contribution in [-0.4, -0.2) is 34.3 Å². The second kappa shape index (κ2) is 5.65. The molecule has 20 heavy (non-hydrogen) atoms. The van der Waals surface area contributed by atoms with Gasteiger partial charge in [-0.15, -0.1) is 11.8 Å². The van der Waals surface area contributed by atoms with Crippen molar-refractivity contribution in [1.82, 2.24) is 4.90 Å². The summed E-state index contributed by atoms with van der Waals surface area (Å²) in [6, 6.07) is 4.80. The topological polar surface area (TPSA) is 40.5 Å². The summed E-state index contributed by atoms with van der Waals surface area (Å²) in [4.78, 5) is 13.4. The number of rotatable bonds is 3. The molecule has 2 atom stereocenters. The number of halogens is 3. The Bertz CT molecular complexity index is 489. The molecular formula is C13H14F3NO2S. The fraction of sp³-hybridized carbons (Fsp3) is 0.462. The van der Waals surface area contributed by atoms with Gasteiger partial charge in [-0.25, -0.2) is 0 Å². The molecule has 0 radical (unpaired) electrons. The van der Waals surface area contributed by atoms with E-state index < -0.39 is 11.7 Å². The first-order valence-electron chi connectivity index (χ1n) is 6.08. The third-order valence-electron chi connectivity index (χ3n) is 3.11. The number of hydrogen-bond donors (Lipinski definition) is 1. The van der Waals surface area contributed by atoms with Crippen LogP contribution in [0.25, 0.3) is 0 Å². The van der Waals surface area contributed by atoms with E-state index in [1.807, 2.05) is 0 Å². The zero-order valence-corrected chi connectivity index (χ0v) is 11.5. The molecule has 110 valence electrons. The monoisotopic (exact) mass is 305 g/mol. The Hall–Kier alpha value is -1.21. The van der Waals surface area contributed by atoms with Crippen LogP contribution in [-0.2, 0) is 11.0 Å². The number of carbonyl (C=O) groups is 1. The summed E-state index contributed by atoms with van der Waals surface area (Å²) in [5.41, 5.74) is -0.0773. The van der Waals surface area contributed by atoms with Gasteiger partial charge in [-0.05, 0) is 24.6 Å². The maximum atomic E-state index is 12.5. The maximum Gasteiger partial charge on any atom is 0.416 e. The number of aliphatic hydroxyl groups is 1. The first kappa shape index (κ1) is 15.2. The Morgan fingerprint density at radius 2 is 1.90 bits per heavy atom. The van der Waals surface area contributed by atoms with Crippen LogP contribution in [0, 0.1) is 0 Å². The number of thioether (sulfide) groups is 1. The summed E-state index contributed by atoms with van der Waals surface area (Å²) in [6.07, 6.45) is -4.37. The Morgan fingerprint density at radius 3 is 2.40 bits per heavy atom. The molecule has 1 aliphatic rings. The second-order valence-corrected chi connectivity index (χ2v) is 5.93. The van der Waals surface area contributed by atoms with Gasteiger partial charge >= 0.3 is 6.18 Å². The molecule has 1 saturated heterocycles. The lowest BCUT2D eigenvalue weighted by molar-refractivity contribution is -0.137. The van der Waals surface area contributed by atoms with E-state index in [2.05, 4.69) is 0 Å². The SMILES string of the molecule is C[C@@H]1S[C@@H](c2ccc(C(F)(F)F)cc2)N(CCO)C1=O. The Balaban J connectivity index is 2.24. The van der Waals surface area contributed by atoms with E-state index in [0.29, 0.717) is 5.56 Å². The lowest BCUT2D eigenvalue weighted by Crippen LogP contribution is -2.32.